The Morgan fingerprint density at radius 2 is 1.70 bits per heavy atom. The van der Waals surface area contributed by atoms with Gasteiger partial charge in [-0.15, -0.1) is 0 Å². The normalized spacial score (nSPS) is 12.9. The molecule has 9 heteroatoms. The van der Waals surface area contributed by atoms with E-state index in [0.717, 1.165) is 16.8 Å². The fraction of sp³-hybridized carbons (Fsp3) is 0.357. The Bertz CT molecular complexity index is 1240. The minimum atomic E-state index is -0.982. The molecule has 0 aliphatic rings. The monoisotopic (exact) mass is 508 g/mol. The first-order valence-electron chi connectivity index (χ1n) is 12.0. The van der Waals surface area contributed by atoms with Crippen molar-refractivity contribution >= 4 is 17.8 Å². The van der Waals surface area contributed by atoms with Gasteiger partial charge in [0.05, 0.1) is 18.7 Å². The third-order valence-electron chi connectivity index (χ3n) is 5.99. The van der Waals surface area contributed by atoms with Gasteiger partial charge in [-0.2, -0.15) is 5.10 Å². The molecule has 2 atom stereocenters. The minimum Gasteiger partial charge on any atom is -0.469 e. The van der Waals surface area contributed by atoms with Gasteiger partial charge in [-0.25, -0.2) is 4.39 Å². The Morgan fingerprint density at radius 3 is 2.27 bits per heavy atom. The molecule has 2 aromatic carbocycles. The zero-order valence-corrected chi connectivity index (χ0v) is 21.7. The predicted molar refractivity (Wildman–Crippen MR) is 138 cm³/mol. The lowest BCUT2D eigenvalue weighted by Crippen LogP contribution is -2.54. The highest BCUT2D eigenvalue weighted by molar-refractivity contribution is 5.98. The summed E-state index contributed by atoms with van der Waals surface area (Å²) >= 11 is 0. The number of ether oxygens (including phenoxy) is 1. The van der Waals surface area contributed by atoms with Crippen LogP contribution in [0.15, 0.2) is 60.8 Å². The second-order valence-electron chi connectivity index (χ2n) is 9.81. The molecular formula is C28H33FN4O4. The van der Waals surface area contributed by atoms with E-state index < -0.39 is 35.3 Å². The fourth-order valence-electron chi connectivity index (χ4n) is 4.06. The van der Waals surface area contributed by atoms with E-state index in [2.05, 4.69) is 15.7 Å². The van der Waals surface area contributed by atoms with Crippen LogP contribution in [0.1, 0.15) is 43.1 Å². The number of aryl methyl sites for hydroxylation is 1. The average molecular weight is 509 g/mol. The van der Waals surface area contributed by atoms with Crippen LogP contribution in [0.2, 0.25) is 0 Å². The molecule has 3 aromatic rings. The number of carbonyl (C=O) groups excluding carboxylic acids is 3. The van der Waals surface area contributed by atoms with Crippen molar-refractivity contribution < 1.29 is 23.5 Å². The third-order valence-corrected chi connectivity index (χ3v) is 5.99. The van der Waals surface area contributed by atoms with Crippen molar-refractivity contribution in [3.05, 3.63) is 77.7 Å². The van der Waals surface area contributed by atoms with E-state index in [1.807, 2.05) is 33.2 Å². The largest absolute Gasteiger partial charge is 0.469 e. The summed E-state index contributed by atoms with van der Waals surface area (Å²) in [5.41, 5.74) is 2.16. The van der Waals surface area contributed by atoms with Crippen molar-refractivity contribution in [1.29, 1.82) is 0 Å². The topological polar surface area (TPSA) is 102 Å². The lowest BCUT2D eigenvalue weighted by atomic mass is 9.93. The van der Waals surface area contributed by atoms with Crippen LogP contribution >= 0.6 is 0 Å². The van der Waals surface area contributed by atoms with Crippen LogP contribution in [0.5, 0.6) is 0 Å². The van der Waals surface area contributed by atoms with Crippen LogP contribution in [0.25, 0.3) is 11.3 Å². The molecular weight excluding hydrogens is 475 g/mol. The van der Waals surface area contributed by atoms with E-state index in [0.29, 0.717) is 12.0 Å². The number of rotatable bonds is 10. The molecule has 0 fully saturated rings. The maximum Gasteiger partial charge on any atom is 0.308 e. The van der Waals surface area contributed by atoms with E-state index in [9.17, 15) is 18.8 Å². The van der Waals surface area contributed by atoms with Crippen molar-refractivity contribution in [3.8, 4) is 11.3 Å². The second-order valence-corrected chi connectivity index (χ2v) is 9.81. The number of nitrogens with one attached hydrogen (secondary N) is 2. The lowest BCUT2D eigenvalue weighted by Gasteiger charge is -2.30. The molecule has 2 amide bonds. The molecule has 3 rings (SSSR count). The highest BCUT2D eigenvalue weighted by Gasteiger charge is 2.30. The van der Waals surface area contributed by atoms with Crippen molar-refractivity contribution in [2.24, 2.45) is 13.0 Å². The molecule has 0 aliphatic heterocycles. The number of halogens is 1. The van der Waals surface area contributed by atoms with Crippen molar-refractivity contribution in [2.45, 2.75) is 45.2 Å². The molecule has 0 spiro atoms. The van der Waals surface area contributed by atoms with Gasteiger partial charge in [-0.1, -0.05) is 31.2 Å². The highest BCUT2D eigenvalue weighted by Crippen LogP contribution is 2.19. The molecule has 0 bridgehead atoms. The third kappa shape index (κ3) is 7.73. The van der Waals surface area contributed by atoms with E-state index in [4.69, 9.17) is 4.74 Å². The number of carbonyl (C=O) groups is 3. The maximum atomic E-state index is 13.3. The summed E-state index contributed by atoms with van der Waals surface area (Å²) in [7, 11) is 3.11. The molecule has 1 unspecified atom stereocenters. The number of methoxy groups -OCH3 is 1. The Kier molecular flexibility index (Phi) is 8.81. The zero-order chi connectivity index (χ0) is 27.2. The van der Waals surface area contributed by atoms with E-state index in [1.54, 1.807) is 48.0 Å². The summed E-state index contributed by atoms with van der Waals surface area (Å²) in [6.07, 6.45) is 2.34. The Hall–Kier alpha value is -4.01. The standard InChI is InChI=1S/C28H33FN4O4/c1-18(27(36)37-5)16-24(26(35)31-28(2,3)17-19-6-12-22(29)13-7-19)30-25(34)21-10-8-20(9-11-21)23-14-15-33(4)32-23/h6-15,18,24H,16-17H2,1-5H3,(H,30,34)(H,31,35)/t18?,24-/m0/s1. The quantitative estimate of drug-likeness (QED) is 0.407. The van der Waals surface area contributed by atoms with Crippen molar-refractivity contribution in [2.75, 3.05) is 7.11 Å². The molecule has 0 aliphatic carbocycles. The molecule has 1 heterocycles. The molecule has 1 aromatic heterocycles. The number of hydrogen-bond acceptors (Lipinski definition) is 5. The van der Waals surface area contributed by atoms with Crippen LogP contribution in [0, 0.1) is 11.7 Å². The van der Waals surface area contributed by atoms with Gasteiger partial charge in [0.2, 0.25) is 5.91 Å². The minimum absolute atomic E-state index is 0.0584. The van der Waals surface area contributed by atoms with Gasteiger partial charge < -0.3 is 15.4 Å². The Labute approximate surface area is 216 Å². The van der Waals surface area contributed by atoms with Gasteiger partial charge in [-0.3, -0.25) is 19.1 Å². The fourth-order valence-corrected chi connectivity index (χ4v) is 4.06. The van der Waals surface area contributed by atoms with Gasteiger partial charge in [0.25, 0.3) is 5.91 Å². The van der Waals surface area contributed by atoms with Gasteiger partial charge in [0.15, 0.2) is 0 Å². The summed E-state index contributed by atoms with van der Waals surface area (Å²) in [6.45, 7) is 5.32. The number of esters is 1. The van der Waals surface area contributed by atoms with E-state index >= 15 is 0 Å². The van der Waals surface area contributed by atoms with Crippen LogP contribution in [-0.2, 0) is 27.8 Å². The number of benzene rings is 2. The Morgan fingerprint density at radius 1 is 1.05 bits per heavy atom. The van der Waals surface area contributed by atoms with Gasteiger partial charge >= 0.3 is 5.97 Å². The first-order chi connectivity index (χ1) is 17.5. The number of hydrogen-bond donors (Lipinski definition) is 2. The molecule has 2 N–H and O–H groups in total. The van der Waals surface area contributed by atoms with Gasteiger partial charge in [0.1, 0.15) is 11.9 Å². The second kappa shape index (κ2) is 11.8. The SMILES string of the molecule is COC(=O)C(C)C[C@H](NC(=O)c1ccc(-c2ccn(C)n2)cc1)C(=O)NC(C)(C)Cc1ccc(F)cc1. The smallest absolute Gasteiger partial charge is 0.308 e. The summed E-state index contributed by atoms with van der Waals surface area (Å²) in [4.78, 5) is 38.4. The highest BCUT2D eigenvalue weighted by atomic mass is 19.1. The molecule has 0 saturated heterocycles. The van der Waals surface area contributed by atoms with Crippen molar-refractivity contribution in [1.82, 2.24) is 20.4 Å². The summed E-state index contributed by atoms with van der Waals surface area (Å²) in [5.74, 6) is -2.30. The summed E-state index contributed by atoms with van der Waals surface area (Å²) in [5, 5.41) is 10.1. The number of nitrogens with zero attached hydrogens (tertiary/aromatic N) is 2. The molecule has 37 heavy (non-hydrogen) atoms. The Balaban J connectivity index is 1.74. The summed E-state index contributed by atoms with van der Waals surface area (Å²) < 4.78 is 19.8. The van der Waals surface area contributed by atoms with E-state index in [-0.39, 0.29) is 12.2 Å². The van der Waals surface area contributed by atoms with Crippen LogP contribution in [-0.4, -0.2) is 46.3 Å². The lowest BCUT2D eigenvalue weighted by molar-refractivity contribution is -0.145. The predicted octanol–water partition coefficient (Wildman–Crippen LogP) is 3.66. The zero-order valence-electron chi connectivity index (χ0n) is 21.7. The molecule has 0 radical (unpaired) electrons. The average Bonchev–Trinajstić information content (AvgIpc) is 3.30. The van der Waals surface area contributed by atoms with E-state index in [1.165, 1.54) is 19.2 Å². The van der Waals surface area contributed by atoms with Gasteiger partial charge in [0, 0.05) is 29.9 Å². The van der Waals surface area contributed by atoms with Gasteiger partial charge in [-0.05, 0) is 62.6 Å². The molecule has 196 valence electrons. The van der Waals surface area contributed by atoms with Crippen LogP contribution in [0.3, 0.4) is 0 Å². The first kappa shape index (κ1) is 27.6. The van der Waals surface area contributed by atoms with Crippen LogP contribution in [0.4, 0.5) is 4.39 Å². The first-order valence-corrected chi connectivity index (χ1v) is 12.0. The maximum absolute atomic E-state index is 13.3. The molecule has 8 nitrogen and oxygen atoms in total. The number of amides is 2. The summed E-state index contributed by atoms with van der Waals surface area (Å²) in [6, 6.07) is 13.9. The van der Waals surface area contributed by atoms with Crippen molar-refractivity contribution in [3.63, 3.8) is 0 Å². The molecule has 0 saturated carbocycles. The number of aromatic nitrogens is 2. The van der Waals surface area contributed by atoms with Crippen LogP contribution < -0.4 is 10.6 Å².